The van der Waals surface area contributed by atoms with E-state index in [-0.39, 0.29) is 23.3 Å². The molecule has 0 unspecified atom stereocenters. The van der Waals surface area contributed by atoms with Gasteiger partial charge >= 0.3 is 0 Å². The minimum absolute atomic E-state index is 0.260. The Morgan fingerprint density at radius 3 is 2.83 bits per heavy atom. The predicted octanol–water partition coefficient (Wildman–Crippen LogP) is 3.73. The number of hydrogen-bond acceptors (Lipinski definition) is 4. The minimum atomic E-state index is -3.03. The molecule has 0 aliphatic heterocycles. The van der Waals surface area contributed by atoms with Gasteiger partial charge in [0.15, 0.2) is 5.82 Å². The molecular formula is C15H13ClF2N4O. The van der Waals surface area contributed by atoms with E-state index in [2.05, 4.69) is 15.1 Å². The number of fused-ring (bicyclic) bond motifs is 1. The van der Waals surface area contributed by atoms with Crippen LogP contribution in [0, 0.1) is 0 Å². The highest BCUT2D eigenvalue weighted by atomic mass is 35.5. The molecular weight excluding hydrogens is 326 g/mol. The molecule has 3 aromatic heterocycles. The topological polar surface area (TPSA) is 52.8 Å². The Morgan fingerprint density at radius 1 is 1.35 bits per heavy atom. The molecule has 0 N–H and O–H groups in total. The molecule has 0 bridgehead atoms. The summed E-state index contributed by atoms with van der Waals surface area (Å²) >= 11 is 5.94. The first-order valence-corrected chi connectivity index (χ1v) is 7.16. The third kappa shape index (κ3) is 3.02. The van der Waals surface area contributed by atoms with Crippen molar-refractivity contribution in [2.75, 3.05) is 7.11 Å². The monoisotopic (exact) mass is 338 g/mol. The van der Waals surface area contributed by atoms with Crippen LogP contribution in [0.5, 0.6) is 0 Å². The third-order valence-electron chi connectivity index (χ3n) is 3.29. The number of halogens is 3. The second-order valence-corrected chi connectivity index (χ2v) is 5.47. The second-order valence-electron chi connectivity index (χ2n) is 5.09. The number of methoxy groups -OCH3 is 1. The van der Waals surface area contributed by atoms with Gasteiger partial charge in [0.2, 0.25) is 0 Å². The van der Waals surface area contributed by atoms with Gasteiger partial charge in [-0.1, -0.05) is 17.7 Å². The smallest absolute Gasteiger partial charge is 0.287 e. The molecule has 3 heterocycles. The van der Waals surface area contributed by atoms with Gasteiger partial charge < -0.3 is 4.74 Å². The summed E-state index contributed by atoms with van der Waals surface area (Å²) in [6.45, 7) is 1.06. The van der Waals surface area contributed by atoms with Crippen molar-refractivity contribution < 1.29 is 13.5 Å². The normalized spacial score (nSPS) is 12.0. The number of pyridine rings is 2. The summed E-state index contributed by atoms with van der Waals surface area (Å²) in [4.78, 5) is 8.04. The summed E-state index contributed by atoms with van der Waals surface area (Å²) in [6, 6.07) is 6.01. The van der Waals surface area contributed by atoms with E-state index in [4.69, 9.17) is 16.3 Å². The van der Waals surface area contributed by atoms with Crippen LogP contribution in [0.1, 0.15) is 18.3 Å². The van der Waals surface area contributed by atoms with E-state index in [1.165, 1.54) is 16.8 Å². The van der Waals surface area contributed by atoms with Crippen LogP contribution >= 0.6 is 11.6 Å². The number of hydrogen-bond donors (Lipinski definition) is 0. The Bertz CT molecular complexity index is 860. The average Bonchev–Trinajstić information content (AvgIpc) is 2.85. The summed E-state index contributed by atoms with van der Waals surface area (Å²) in [5, 5.41) is 5.41. The fourth-order valence-electron chi connectivity index (χ4n) is 2.25. The molecule has 0 spiro atoms. The molecule has 5 nitrogen and oxygen atoms in total. The van der Waals surface area contributed by atoms with E-state index in [9.17, 15) is 8.78 Å². The van der Waals surface area contributed by atoms with Crippen LogP contribution in [0.4, 0.5) is 8.78 Å². The number of rotatable bonds is 4. The lowest BCUT2D eigenvalue weighted by atomic mass is 10.2. The Balaban J connectivity index is 2.22. The summed E-state index contributed by atoms with van der Waals surface area (Å²) in [5.41, 5.74) is 0.926. The largest absolute Gasteiger partial charge is 0.378 e. The molecule has 0 aliphatic carbocycles. The van der Waals surface area contributed by atoms with E-state index in [1.54, 1.807) is 25.4 Å². The van der Waals surface area contributed by atoms with Gasteiger partial charge in [0.1, 0.15) is 10.8 Å². The van der Waals surface area contributed by atoms with Crippen LogP contribution in [0.3, 0.4) is 0 Å². The molecule has 0 saturated carbocycles. The molecule has 0 aromatic carbocycles. The van der Waals surface area contributed by atoms with Crippen molar-refractivity contribution in [2.24, 2.45) is 0 Å². The molecule has 23 heavy (non-hydrogen) atoms. The highest BCUT2D eigenvalue weighted by Gasteiger charge is 2.26. The van der Waals surface area contributed by atoms with Crippen LogP contribution < -0.4 is 0 Å². The lowest BCUT2D eigenvalue weighted by molar-refractivity contribution is 0.0127. The standard InChI is InChI=1S/C15H13ClF2N4O/c1-15(17,18)12-4-3-5-14(20-12)22-11-6-13(16)19-7-9(11)10(21-22)8-23-2/h3-7H,8H2,1-2H3. The van der Waals surface area contributed by atoms with E-state index in [0.717, 1.165) is 12.3 Å². The average molecular weight is 339 g/mol. The molecule has 0 amide bonds. The number of ether oxygens (including phenoxy) is 1. The highest BCUT2D eigenvalue weighted by molar-refractivity contribution is 6.30. The van der Waals surface area contributed by atoms with Gasteiger partial charge in [-0.2, -0.15) is 13.9 Å². The molecule has 0 aliphatic rings. The highest BCUT2D eigenvalue weighted by Crippen LogP contribution is 2.27. The van der Waals surface area contributed by atoms with Gasteiger partial charge in [-0.15, -0.1) is 0 Å². The maximum atomic E-state index is 13.5. The molecule has 120 valence electrons. The summed E-state index contributed by atoms with van der Waals surface area (Å²) in [5.74, 6) is -2.76. The maximum Gasteiger partial charge on any atom is 0.287 e. The molecule has 0 saturated heterocycles. The van der Waals surface area contributed by atoms with E-state index >= 15 is 0 Å². The van der Waals surface area contributed by atoms with Crippen molar-refractivity contribution in [1.29, 1.82) is 0 Å². The van der Waals surface area contributed by atoms with Crippen LogP contribution in [0.2, 0.25) is 5.15 Å². The van der Waals surface area contributed by atoms with Crippen molar-refractivity contribution in [2.45, 2.75) is 19.5 Å². The van der Waals surface area contributed by atoms with Gasteiger partial charge in [0.05, 0.1) is 17.8 Å². The zero-order valence-electron chi connectivity index (χ0n) is 12.4. The first-order chi connectivity index (χ1) is 10.9. The second kappa shape index (κ2) is 5.82. The predicted molar refractivity (Wildman–Crippen MR) is 82.0 cm³/mol. The molecule has 3 rings (SSSR count). The van der Waals surface area contributed by atoms with Gasteiger partial charge in [-0.25, -0.2) is 14.6 Å². The summed E-state index contributed by atoms with van der Waals surface area (Å²) < 4.78 is 33.6. The molecule has 0 radical (unpaired) electrons. The summed E-state index contributed by atoms with van der Waals surface area (Å²) in [6.07, 6.45) is 1.58. The molecule has 3 aromatic rings. The lowest BCUT2D eigenvalue weighted by Gasteiger charge is -2.11. The summed E-state index contributed by atoms with van der Waals surface area (Å²) in [7, 11) is 1.55. The Morgan fingerprint density at radius 2 is 2.13 bits per heavy atom. The number of nitrogens with zero attached hydrogens (tertiary/aromatic N) is 4. The van der Waals surface area contributed by atoms with Gasteiger partial charge in [0.25, 0.3) is 5.92 Å². The van der Waals surface area contributed by atoms with Gasteiger partial charge in [-0.3, -0.25) is 0 Å². The maximum absolute atomic E-state index is 13.5. The number of alkyl halides is 2. The van der Waals surface area contributed by atoms with Crippen LogP contribution in [-0.2, 0) is 17.3 Å². The SMILES string of the molecule is COCc1nn(-c2cccc(C(C)(F)F)n2)c2cc(Cl)ncc12. The molecule has 0 atom stereocenters. The van der Waals surface area contributed by atoms with Crippen molar-refractivity contribution in [3.63, 3.8) is 0 Å². The van der Waals surface area contributed by atoms with Crippen molar-refractivity contribution >= 4 is 22.5 Å². The third-order valence-corrected chi connectivity index (χ3v) is 3.50. The van der Waals surface area contributed by atoms with Crippen LogP contribution in [0.15, 0.2) is 30.5 Å². The van der Waals surface area contributed by atoms with Crippen LogP contribution in [-0.4, -0.2) is 26.9 Å². The fraction of sp³-hybridized carbons (Fsp3) is 0.267. The molecule has 0 fully saturated rings. The van der Waals surface area contributed by atoms with Crippen molar-refractivity contribution in [1.82, 2.24) is 19.7 Å². The number of aromatic nitrogens is 4. The van der Waals surface area contributed by atoms with Gasteiger partial charge in [0, 0.05) is 31.7 Å². The Kier molecular flexibility index (Phi) is 3.99. The van der Waals surface area contributed by atoms with Crippen molar-refractivity contribution in [3.05, 3.63) is 47.0 Å². The quantitative estimate of drug-likeness (QED) is 0.680. The minimum Gasteiger partial charge on any atom is -0.378 e. The Hall–Kier alpha value is -2.12. The zero-order chi connectivity index (χ0) is 16.6. The zero-order valence-corrected chi connectivity index (χ0v) is 13.2. The van der Waals surface area contributed by atoms with E-state index in [1.807, 2.05) is 0 Å². The van der Waals surface area contributed by atoms with Crippen LogP contribution in [0.25, 0.3) is 16.7 Å². The lowest BCUT2D eigenvalue weighted by Crippen LogP contribution is -2.12. The van der Waals surface area contributed by atoms with Crippen molar-refractivity contribution in [3.8, 4) is 5.82 Å². The first-order valence-electron chi connectivity index (χ1n) is 6.78. The van der Waals surface area contributed by atoms with Gasteiger partial charge in [-0.05, 0) is 12.1 Å². The van der Waals surface area contributed by atoms with E-state index in [0.29, 0.717) is 11.2 Å². The van der Waals surface area contributed by atoms with E-state index < -0.39 is 5.92 Å². The first kappa shape index (κ1) is 15.8. The fourth-order valence-corrected chi connectivity index (χ4v) is 2.40. The molecule has 8 heteroatoms. The Labute approximate surface area is 135 Å².